The molecule has 0 unspecified atom stereocenters. The van der Waals surface area contributed by atoms with Crippen molar-refractivity contribution in [3.63, 3.8) is 0 Å². The molecule has 7 heteroatoms. The largest absolute Gasteiger partial charge is 0.462 e. The van der Waals surface area contributed by atoms with E-state index in [2.05, 4.69) is 10.4 Å². The van der Waals surface area contributed by atoms with Gasteiger partial charge in [0, 0.05) is 11.8 Å². The van der Waals surface area contributed by atoms with E-state index in [0.29, 0.717) is 5.69 Å². The van der Waals surface area contributed by atoms with Gasteiger partial charge in [-0.15, -0.1) is 0 Å². The van der Waals surface area contributed by atoms with Crippen LogP contribution in [0.2, 0.25) is 0 Å². The van der Waals surface area contributed by atoms with Crippen molar-refractivity contribution in [3.8, 4) is 17.3 Å². The van der Waals surface area contributed by atoms with E-state index in [1.165, 1.54) is 10.9 Å². The average Bonchev–Trinajstić information content (AvgIpc) is 2.90. The topological polar surface area (TPSA) is 106 Å². The number of nitrogen functional groups attached to an aromatic ring is 1. The molecule has 3 N–H and O–H groups in total. The summed E-state index contributed by atoms with van der Waals surface area (Å²) in [5, 5.41) is 8.94. The fourth-order valence-corrected chi connectivity index (χ4v) is 1.73. The summed E-state index contributed by atoms with van der Waals surface area (Å²) in [6.07, 6.45) is 2.89. The van der Waals surface area contributed by atoms with Gasteiger partial charge >= 0.3 is 5.97 Å². The minimum atomic E-state index is -0.695. The first-order valence-electron chi connectivity index (χ1n) is 6.60. The van der Waals surface area contributed by atoms with Crippen molar-refractivity contribution in [2.75, 3.05) is 17.8 Å². The first-order valence-corrected chi connectivity index (χ1v) is 6.60. The number of rotatable bonds is 5. The maximum absolute atomic E-state index is 11.5. The van der Waals surface area contributed by atoms with Gasteiger partial charge in [0.15, 0.2) is 5.57 Å². The SMILES string of the molecule is CCOC(=O)/C(C#N)=C/Nn1cc(-c2ccccc2)nc1N. The molecule has 0 radical (unpaired) electrons. The Balaban J connectivity index is 2.19. The Morgan fingerprint density at radius 3 is 2.86 bits per heavy atom. The third kappa shape index (κ3) is 3.43. The molecular formula is C15H15N5O2. The van der Waals surface area contributed by atoms with Gasteiger partial charge < -0.3 is 10.5 Å². The Hall–Kier alpha value is -3.27. The molecule has 0 saturated carbocycles. The number of imidazole rings is 1. The standard InChI is InChI=1S/C15H15N5O2/c1-2-22-14(21)12(8-16)9-18-20-10-13(19-15(20)17)11-6-4-3-5-7-11/h3-7,9-10,18H,2H2,1H3,(H2,17,19)/b12-9+. The molecule has 0 aliphatic heterocycles. The molecule has 0 spiro atoms. The van der Waals surface area contributed by atoms with Crippen molar-refractivity contribution in [2.45, 2.75) is 6.92 Å². The summed E-state index contributed by atoms with van der Waals surface area (Å²) >= 11 is 0. The van der Waals surface area contributed by atoms with E-state index in [4.69, 9.17) is 15.7 Å². The number of hydrogen-bond acceptors (Lipinski definition) is 6. The van der Waals surface area contributed by atoms with Crippen molar-refractivity contribution in [1.82, 2.24) is 9.66 Å². The fourth-order valence-electron chi connectivity index (χ4n) is 1.73. The maximum atomic E-state index is 11.5. The third-order valence-corrected chi connectivity index (χ3v) is 2.77. The van der Waals surface area contributed by atoms with Crippen LogP contribution in [0.15, 0.2) is 48.3 Å². The van der Waals surface area contributed by atoms with Gasteiger partial charge in [-0.2, -0.15) is 5.26 Å². The highest BCUT2D eigenvalue weighted by atomic mass is 16.5. The summed E-state index contributed by atoms with van der Waals surface area (Å²) in [6.45, 7) is 1.86. The zero-order chi connectivity index (χ0) is 15.9. The van der Waals surface area contributed by atoms with Crippen molar-refractivity contribution >= 4 is 11.9 Å². The molecule has 2 aromatic rings. The van der Waals surface area contributed by atoms with E-state index in [0.717, 1.165) is 5.56 Å². The highest BCUT2D eigenvalue weighted by Gasteiger charge is 2.10. The number of benzene rings is 1. The number of nitrogens with one attached hydrogen (secondary N) is 1. The Kier molecular flexibility index (Phi) is 4.78. The maximum Gasteiger partial charge on any atom is 0.350 e. The number of hydrogen-bond donors (Lipinski definition) is 2. The second-order valence-electron chi connectivity index (χ2n) is 4.24. The van der Waals surface area contributed by atoms with E-state index < -0.39 is 5.97 Å². The van der Waals surface area contributed by atoms with Crippen LogP contribution in [0.1, 0.15) is 6.92 Å². The molecule has 112 valence electrons. The highest BCUT2D eigenvalue weighted by Crippen LogP contribution is 2.18. The van der Waals surface area contributed by atoms with Crippen molar-refractivity contribution in [2.24, 2.45) is 0 Å². The first-order chi connectivity index (χ1) is 10.7. The monoisotopic (exact) mass is 297 g/mol. The lowest BCUT2D eigenvalue weighted by molar-refractivity contribution is -0.138. The average molecular weight is 297 g/mol. The summed E-state index contributed by atoms with van der Waals surface area (Å²) in [7, 11) is 0. The van der Waals surface area contributed by atoms with Crippen LogP contribution in [0.3, 0.4) is 0 Å². The lowest BCUT2D eigenvalue weighted by Crippen LogP contribution is -2.14. The zero-order valence-corrected chi connectivity index (χ0v) is 12.0. The molecule has 0 saturated heterocycles. The quantitative estimate of drug-likeness (QED) is 0.494. The van der Waals surface area contributed by atoms with E-state index in [-0.39, 0.29) is 18.1 Å². The molecule has 22 heavy (non-hydrogen) atoms. The van der Waals surface area contributed by atoms with Crippen LogP contribution in [-0.2, 0) is 9.53 Å². The second-order valence-corrected chi connectivity index (χ2v) is 4.24. The van der Waals surface area contributed by atoms with Crippen LogP contribution in [-0.4, -0.2) is 22.2 Å². The van der Waals surface area contributed by atoms with Crippen LogP contribution in [0.25, 0.3) is 11.3 Å². The number of nitriles is 1. The molecule has 7 nitrogen and oxygen atoms in total. The molecule has 1 aromatic heterocycles. The van der Waals surface area contributed by atoms with E-state index in [9.17, 15) is 4.79 Å². The number of nitrogens with two attached hydrogens (primary N) is 1. The van der Waals surface area contributed by atoms with Crippen LogP contribution < -0.4 is 11.2 Å². The number of ether oxygens (including phenoxy) is 1. The fraction of sp³-hybridized carbons (Fsp3) is 0.133. The summed E-state index contributed by atoms with van der Waals surface area (Å²) in [4.78, 5) is 15.7. The molecule has 0 fully saturated rings. The Morgan fingerprint density at radius 2 is 2.23 bits per heavy atom. The lowest BCUT2D eigenvalue weighted by Gasteiger charge is -2.04. The molecule has 0 aliphatic carbocycles. The lowest BCUT2D eigenvalue weighted by atomic mass is 10.2. The van der Waals surface area contributed by atoms with Gasteiger partial charge in [0.05, 0.1) is 18.5 Å². The van der Waals surface area contributed by atoms with Crippen molar-refractivity contribution < 1.29 is 9.53 Å². The predicted octanol–water partition coefficient (Wildman–Crippen LogP) is 1.65. The molecule has 2 rings (SSSR count). The number of carbonyl (C=O) groups is 1. The van der Waals surface area contributed by atoms with Gasteiger partial charge in [0.1, 0.15) is 6.07 Å². The minimum Gasteiger partial charge on any atom is -0.462 e. The second kappa shape index (κ2) is 6.95. The van der Waals surface area contributed by atoms with E-state index >= 15 is 0 Å². The van der Waals surface area contributed by atoms with Crippen molar-refractivity contribution in [1.29, 1.82) is 5.26 Å². The number of nitrogens with zero attached hydrogens (tertiary/aromatic N) is 3. The van der Waals surface area contributed by atoms with E-state index in [1.54, 1.807) is 19.2 Å². The van der Waals surface area contributed by atoms with Gasteiger partial charge in [-0.1, -0.05) is 30.3 Å². The molecule has 0 bridgehead atoms. The zero-order valence-electron chi connectivity index (χ0n) is 12.0. The molecule has 0 atom stereocenters. The highest BCUT2D eigenvalue weighted by molar-refractivity contribution is 5.92. The van der Waals surface area contributed by atoms with Gasteiger partial charge in [-0.3, -0.25) is 5.43 Å². The van der Waals surface area contributed by atoms with Crippen LogP contribution in [0, 0.1) is 11.3 Å². The molecule has 0 aliphatic rings. The summed E-state index contributed by atoms with van der Waals surface area (Å²) in [6, 6.07) is 11.3. The summed E-state index contributed by atoms with van der Waals surface area (Å²) in [5.74, 6) is -0.490. The Labute approximate surface area is 127 Å². The normalized spacial score (nSPS) is 10.8. The minimum absolute atomic E-state index is 0.156. The summed E-state index contributed by atoms with van der Waals surface area (Å²) in [5.41, 5.74) is 9.96. The van der Waals surface area contributed by atoms with Gasteiger partial charge in [-0.05, 0) is 6.92 Å². The Morgan fingerprint density at radius 1 is 1.50 bits per heavy atom. The molecule has 1 heterocycles. The number of esters is 1. The third-order valence-electron chi connectivity index (χ3n) is 2.77. The molecule has 1 aromatic carbocycles. The van der Waals surface area contributed by atoms with Gasteiger partial charge in [0.2, 0.25) is 5.95 Å². The van der Waals surface area contributed by atoms with Crippen LogP contribution in [0.4, 0.5) is 5.95 Å². The number of aromatic nitrogens is 2. The van der Waals surface area contributed by atoms with Gasteiger partial charge in [-0.25, -0.2) is 14.5 Å². The van der Waals surface area contributed by atoms with Gasteiger partial charge in [0.25, 0.3) is 0 Å². The van der Waals surface area contributed by atoms with Crippen molar-refractivity contribution in [3.05, 3.63) is 48.3 Å². The molecule has 0 amide bonds. The smallest absolute Gasteiger partial charge is 0.350 e. The first kappa shape index (κ1) is 15.1. The summed E-state index contributed by atoms with van der Waals surface area (Å²) < 4.78 is 6.18. The van der Waals surface area contributed by atoms with Crippen LogP contribution >= 0.6 is 0 Å². The predicted molar refractivity (Wildman–Crippen MR) is 81.8 cm³/mol. The van der Waals surface area contributed by atoms with E-state index in [1.807, 2.05) is 30.3 Å². The number of carbonyl (C=O) groups excluding carboxylic acids is 1. The molecular weight excluding hydrogens is 282 g/mol. The Bertz CT molecular complexity index is 728. The van der Waals surface area contributed by atoms with Crippen LogP contribution in [0.5, 0.6) is 0 Å². The number of anilines is 1.